The molecule has 0 saturated heterocycles. The summed E-state index contributed by atoms with van der Waals surface area (Å²) in [4.78, 5) is 19.5. The Labute approximate surface area is 98.7 Å². The van der Waals surface area contributed by atoms with Gasteiger partial charge in [0.2, 0.25) is 5.91 Å². The highest BCUT2D eigenvalue weighted by molar-refractivity contribution is 5.89. The molecule has 6 nitrogen and oxygen atoms in total. The van der Waals surface area contributed by atoms with E-state index in [0.29, 0.717) is 18.1 Å². The molecule has 0 aliphatic carbocycles. The number of nitrogens with one attached hydrogen (secondary N) is 1. The van der Waals surface area contributed by atoms with Gasteiger partial charge in [-0.25, -0.2) is 14.6 Å². The molecule has 2 aromatic rings. The van der Waals surface area contributed by atoms with Gasteiger partial charge in [-0.05, 0) is 12.5 Å². The van der Waals surface area contributed by atoms with Crippen molar-refractivity contribution < 1.29 is 4.79 Å². The average molecular weight is 231 g/mol. The van der Waals surface area contributed by atoms with Crippen molar-refractivity contribution >= 4 is 11.7 Å². The maximum Gasteiger partial charge on any atom is 0.225 e. The van der Waals surface area contributed by atoms with Crippen LogP contribution >= 0.6 is 0 Å². The molecule has 0 spiro atoms. The van der Waals surface area contributed by atoms with Gasteiger partial charge in [0.1, 0.15) is 12.1 Å². The monoisotopic (exact) mass is 231 g/mol. The summed E-state index contributed by atoms with van der Waals surface area (Å²) in [5.74, 6) is 1.07. The zero-order chi connectivity index (χ0) is 12.1. The second-order valence-electron chi connectivity index (χ2n) is 3.51. The fourth-order valence-corrected chi connectivity index (χ4v) is 1.38. The maximum atomic E-state index is 11.4. The molecule has 1 N–H and O–H groups in total. The smallest absolute Gasteiger partial charge is 0.225 e. The van der Waals surface area contributed by atoms with Crippen LogP contribution in [0, 0.1) is 0 Å². The van der Waals surface area contributed by atoms with Crippen LogP contribution in [0.2, 0.25) is 0 Å². The predicted octanol–water partition coefficient (Wildman–Crippen LogP) is 1.40. The van der Waals surface area contributed by atoms with E-state index in [1.165, 1.54) is 6.33 Å². The third kappa shape index (κ3) is 2.87. The van der Waals surface area contributed by atoms with Crippen LogP contribution in [-0.2, 0) is 4.79 Å². The molecule has 0 unspecified atom stereocenters. The predicted molar refractivity (Wildman–Crippen MR) is 62.7 cm³/mol. The van der Waals surface area contributed by atoms with E-state index in [4.69, 9.17) is 0 Å². The van der Waals surface area contributed by atoms with Crippen molar-refractivity contribution in [2.24, 2.45) is 0 Å². The Bertz CT molecular complexity index is 494. The highest BCUT2D eigenvalue weighted by Crippen LogP contribution is 2.08. The fourth-order valence-electron chi connectivity index (χ4n) is 1.38. The minimum Gasteiger partial charge on any atom is -0.311 e. The zero-order valence-corrected chi connectivity index (χ0v) is 9.50. The van der Waals surface area contributed by atoms with Crippen LogP contribution in [-0.4, -0.2) is 25.7 Å². The van der Waals surface area contributed by atoms with E-state index in [0.717, 1.165) is 6.42 Å². The molecular weight excluding hydrogens is 218 g/mol. The molecule has 88 valence electrons. The van der Waals surface area contributed by atoms with Gasteiger partial charge in [-0.15, -0.1) is 0 Å². The standard InChI is InChI=1S/C11H13N5O/c1-2-4-11(17)15-9-7-10(13-8-12-9)16-6-3-5-14-16/h3,5-8H,2,4H2,1H3,(H,12,13,15,17). The summed E-state index contributed by atoms with van der Waals surface area (Å²) in [6.45, 7) is 1.95. The van der Waals surface area contributed by atoms with Crippen LogP contribution in [0.5, 0.6) is 0 Å². The summed E-state index contributed by atoms with van der Waals surface area (Å²) in [5, 5.41) is 6.77. The normalized spacial score (nSPS) is 10.2. The molecule has 0 bridgehead atoms. The number of anilines is 1. The third-order valence-corrected chi connectivity index (χ3v) is 2.14. The first-order valence-electron chi connectivity index (χ1n) is 5.41. The van der Waals surface area contributed by atoms with Crippen molar-refractivity contribution in [2.45, 2.75) is 19.8 Å². The van der Waals surface area contributed by atoms with Gasteiger partial charge >= 0.3 is 0 Å². The van der Waals surface area contributed by atoms with Crippen molar-refractivity contribution in [2.75, 3.05) is 5.32 Å². The number of carbonyl (C=O) groups is 1. The molecule has 0 radical (unpaired) electrons. The second-order valence-corrected chi connectivity index (χ2v) is 3.51. The Morgan fingerprint density at radius 1 is 1.47 bits per heavy atom. The molecule has 0 atom stereocenters. The van der Waals surface area contributed by atoms with Crippen molar-refractivity contribution in [1.82, 2.24) is 19.7 Å². The van der Waals surface area contributed by atoms with Gasteiger partial charge in [-0.3, -0.25) is 4.79 Å². The number of hydrogen-bond acceptors (Lipinski definition) is 4. The Hall–Kier alpha value is -2.24. The van der Waals surface area contributed by atoms with Crippen molar-refractivity contribution in [3.8, 4) is 5.82 Å². The lowest BCUT2D eigenvalue weighted by molar-refractivity contribution is -0.116. The highest BCUT2D eigenvalue weighted by atomic mass is 16.1. The lowest BCUT2D eigenvalue weighted by atomic mass is 10.3. The van der Waals surface area contributed by atoms with E-state index in [2.05, 4.69) is 20.4 Å². The number of carbonyl (C=O) groups excluding carboxylic acids is 1. The molecule has 0 aromatic carbocycles. The van der Waals surface area contributed by atoms with Crippen LogP contribution in [0.4, 0.5) is 5.82 Å². The van der Waals surface area contributed by atoms with E-state index in [9.17, 15) is 4.79 Å². The van der Waals surface area contributed by atoms with Gasteiger partial charge in [0.15, 0.2) is 5.82 Å². The molecule has 2 heterocycles. The average Bonchev–Trinajstić information content (AvgIpc) is 2.83. The van der Waals surface area contributed by atoms with E-state index >= 15 is 0 Å². The highest BCUT2D eigenvalue weighted by Gasteiger charge is 2.04. The van der Waals surface area contributed by atoms with Crippen LogP contribution in [0.15, 0.2) is 30.9 Å². The van der Waals surface area contributed by atoms with E-state index < -0.39 is 0 Å². The zero-order valence-electron chi connectivity index (χ0n) is 9.50. The van der Waals surface area contributed by atoms with Crippen LogP contribution in [0.1, 0.15) is 19.8 Å². The topological polar surface area (TPSA) is 72.7 Å². The number of nitrogens with zero attached hydrogens (tertiary/aromatic N) is 4. The number of hydrogen-bond donors (Lipinski definition) is 1. The molecule has 17 heavy (non-hydrogen) atoms. The molecule has 0 aliphatic rings. The molecule has 2 rings (SSSR count). The summed E-state index contributed by atoms with van der Waals surface area (Å²) >= 11 is 0. The van der Waals surface area contributed by atoms with E-state index in [1.54, 1.807) is 29.2 Å². The Kier molecular flexibility index (Phi) is 3.44. The minimum absolute atomic E-state index is 0.0439. The maximum absolute atomic E-state index is 11.4. The summed E-state index contributed by atoms with van der Waals surface area (Å²) in [6.07, 6.45) is 6.14. The quantitative estimate of drug-likeness (QED) is 0.863. The van der Waals surface area contributed by atoms with Gasteiger partial charge < -0.3 is 5.32 Å². The third-order valence-electron chi connectivity index (χ3n) is 2.14. The van der Waals surface area contributed by atoms with Gasteiger partial charge in [-0.1, -0.05) is 6.92 Å². The van der Waals surface area contributed by atoms with Crippen molar-refractivity contribution in [3.63, 3.8) is 0 Å². The van der Waals surface area contributed by atoms with Crippen molar-refractivity contribution in [3.05, 3.63) is 30.9 Å². The van der Waals surface area contributed by atoms with Gasteiger partial charge in [0, 0.05) is 24.9 Å². The number of aromatic nitrogens is 4. The van der Waals surface area contributed by atoms with Crippen LogP contribution in [0.25, 0.3) is 5.82 Å². The van der Waals surface area contributed by atoms with Gasteiger partial charge in [-0.2, -0.15) is 5.10 Å². The molecule has 6 heteroatoms. The molecule has 0 aliphatic heterocycles. The van der Waals surface area contributed by atoms with Crippen molar-refractivity contribution in [1.29, 1.82) is 0 Å². The van der Waals surface area contributed by atoms with Gasteiger partial charge in [0.05, 0.1) is 0 Å². The minimum atomic E-state index is -0.0439. The van der Waals surface area contributed by atoms with E-state index in [1.807, 2.05) is 6.92 Å². The van der Waals surface area contributed by atoms with Crippen LogP contribution in [0.3, 0.4) is 0 Å². The molecular formula is C11H13N5O. The summed E-state index contributed by atoms with van der Waals surface area (Å²) < 4.78 is 1.61. The summed E-state index contributed by atoms with van der Waals surface area (Å²) in [5.41, 5.74) is 0. The molecule has 2 aromatic heterocycles. The Balaban J connectivity index is 2.15. The first kappa shape index (κ1) is 11.3. The summed E-state index contributed by atoms with van der Waals surface area (Å²) in [7, 11) is 0. The lowest BCUT2D eigenvalue weighted by Crippen LogP contribution is -2.12. The number of amides is 1. The molecule has 0 saturated carbocycles. The SMILES string of the molecule is CCCC(=O)Nc1cc(-n2cccn2)ncn1. The van der Waals surface area contributed by atoms with Gasteiger partial charge in [0.25, 0.3) is 0 Å². The largest absolute Gasteiger partial charge is 0.311 e. The number of rotatable bonds is 4. The Morgan fingerprint density at radius 2 is 2.35 bits per heavy atom. The lowest BCUT2D eigenvalue weighted by Gasteiger charge is -2.05. The molecule has 1 amide bonds. The first-order valence-corrected chi connectivity index (χ1v) is 5.41. The first-order chi connectivity index (χ1) is 8.29. The fraction of sp³-hybridized carbons (Fsp3) is 0.273. The summed E-state index contributed by atoms with van der Waals surface area (Å²) in [6, 6.07) is 3.48. The van der Waals surface area contributed by atoms with E-state index in [-0.39, 0.29) is 5.91 Å². The molecule has 0 fully saturated rings. The van der Waals surface area contributed by atoms with Crippen LogP contribution < -0.4 is 5.32 Å². The Morgan fingerprint density at radius 3 is 3.06 bits per heavy atom. The second kappa shape index (κ2) is 5.20.